The molecule has 1 fully saturated rings. The predicted octanol–water partition coefficient (Wildman–Crippen LogP) is 3.29. The highest BCUT2D eigenvalue weighted by atomic mass is 35.5. The molecule has 184 valence electrons. The highest BCUT2D eigenvalue weighted by Gasteiger charge is 2.33. The number of alkyl halides is 3. The van der Waals surface area contributed by atoms with Crippen LogP contribution in [0, 0.1) is 0 Å². The molecular formula is C21H22ClF3N4O4S. The first-order valence-electron chi connectivity index (χ1n) is 10.1. The van der Waals surface area contributed by atoms with Gasteiger partial charge in [-0.05, 0) is 35.9 Å². The van der Waals surface area contributed by atoms with Gasteiger partial charge in [0.1, 0.15) is 11.5 Å². The second-order valence-electron chi connectivity index (χ2n) is 7.45. The lowest BCUT2D eigenvalue weighted by Gasteiger charge is -2.29. The van der Waals surface area contributed by atoms with Gasteiger partial charge in [0.2, 0.25) is 15.9 Å². The smallest absolute Gasteiger partial charge is 0.378 e. The summed E-state index contributed by atoms with van der Waals surface area (Å²) in [6.07, 6.45) is -0.983. The van der Waals surface area contributed by atoms with Crippen LogP contribution in [-0.4, -0.2) is 51.9 Å². The maximum absolute atomic E-state index is 13.1. The number of benzene rings is 1. The molecule has 1 aromatic carbocycles. The van der Waals surface area contributed by atoms with Crippen LogP contribution < -0.4 is 14.9 Å². The van der Waals surface area contributed by atoms with Crippen LogP contribution in [0.2, 0.25) is 5.02 Å². The van der Waals surface area contributed by atoms with Crippen LogP contribution in [0.1, 0.15) is 16.8 Å². The fraction of sp³-hybridized carbons (Fsp3) is 0.333. The van der Waals surface area contributed by atoms with Gasteiger partial charge in [0, 0.05) is 31.3 Å². The number of carbonyl (C=O) groups is 1. The Morgan fingerprint density at radius 2 is 1.94 bits per heavy atom. The predicted molar refractivity (Wildman–Crippen MR) is 123 cm³/mol. The van der Waals surface area contributed by atoms with E-state index in [4.69, 9.17) is 16.3 Å². The molecule has 2 N–H and O–H groups in total. The first-order chi connectivity index (χ1) is 15.9. The third-order valence-corrected chi connectivity index (χ3v) is 5.62. The van der Waals surface area contributed by atoms with Gasteiger partial charge in [0.25, 0.3) is 0 Å². The fourth-order valence-electron chi connectivity index (χ4n) is 3.14. The SMILES string of the molecule is CS(=O)(=O)Nc1ccc(CNC(=O)/C=C/c2ccc(C(F)(F)F)nc2N2CCOCC2)cc1Cl. The van der Waals surface area contributed by atoms with Crippen molar-refractivity contribution in [2.75, 3.05) is 42.2 Å². The Morgan fingerprint density at radius 3 is 2.56 bits per heavy atom. The van der Waals surface area contributed by atoms with Crippen molar-refractivity contribution in [1.82, 2.24) is 10.3 Å². The molecule has 8 nitrogen and oxygen atoms in total. The molecule has 0 spiro atoms. The summed E-state index contributed by atoms with van der Waals surface area (Å²) < 4.78 is 69.6. The lowest BCUT2D eigenvalue weighted by atomic mass is 10.1. The lowest BCUT2D eigenvalue weighted by Crippen LogP contribution is -2.37. The number of nitrogens with zero attached hydrogens (tertiary/aromatic N) is 2. The van der Waals surface area contributed by atoms with Gasteiger partial charge in [-0.15, -0.1) is 0 Å². The molecule has 1 aromatic heterocycles. The van der Waals surface area contributed by atoms with Gasteiger partial charge >= 0.3 is 6.18 Å². The molecule has 1 aliphatic rings. The van der Waals surface area contributed by atoms with Gasteiger partial charge in [-0.3, -0.25) is 9.52 Å². The number of ether oxygens (including phenoxy) is 1. The van der Waals surface area contributed by atoms with E-state index in [0.717, 1.165) is 12.3 Å². The molecule has 0 bridgehead atoms. The second-order valence-corrected chi connectivity index (χ2v) is 9.60. The first kappa shape index (κ1) is 25.8. The van der Waals surface area contributed by atoms with E-state index >= 15 is 0 Å². The maximum Gasteiger partial charge on any atom is 0.433 e. The van der Waals surface area contributed by atoms with Crippen molar-refractivity contribution in [2.45, 2.75) is 12.7 Å². The molecule has 2 heterocycles. The third kappa shape index (κ3) is 7.34. The molecule has 1 saturated heterocycles. The minimum atomic E-state index is -4.59. The number of sulfonamides is 1. The van der Waals surface area contributed by atoms with E-state index in [-0.39, 0.29) is 23.1 Å². The number of nitrogens with one attached hydrogen (secondary N) is 2. The molecule has 1 aliphatic heterocycles. The molecule has 0 unspecified atom stereocenters. The highest BCUT2D eigenvalue weighted by Crippen LogP contribution is 2.31. The highest BCUT2D eigenvalue weighted by molar-refractivity contribution is 7.92. The van der Waals surface area contributed by atoms with Crippen LogP contribution in [0.5, 0.6) is 0 Å². The van der Waals surface area contributed by atoms with E-state index in [1.165, 1.54) is 30.4 Å². The van der Waals surface area contributed by atoms with Gasteiger partial charge in [0.05, 0.1) is 30.2 Å². The summed E-state index contributed by atoms with van der Waals surface area (Å²) in [7, 11) is -3.49. The molecule has 0 saturated carbocycles. The van der Waals surface area contributed by atoms with Gasteiger partial charge in [-0.1, -0.05) is 17.7 Å². The van der Waals surface area contributed by atoms with Gasteiger partial charge in [0.15, 0.2) is 0 Å². The van der Waals surface area contributed by atoms with E-state index in [9.17, 15) is 26.4 Å². The lowest BCUT2D eigenvalue weighted by molar-refractivity contribution is -0.141. The zero-order valence-corrected chi connectivity index (χ0v) is 19.6. The van der Waals surface area contributed by atoms with Crippen molar-refractivity contribution >= 4 is 45.1 Å². The monoisotopic (exact) mass is 518 g/mol. The molecule has 0 aliphatic carbocycles. The third-order valence-electron chi connectivity index (χ3n) is 4.72. The Bertz CT molecular complexity index is 1180. The van der Waals surface area contributed by atoms with E-state index in [1.54, 1.807) is 11.0 Å². The van der Waals surface area contributed by atoms with E-state index < -0.39 is 27.8 Å². The van der Waals surface area contributed by atoms with Crippen molar-refractivity contribution in [3.63, 3.8) is 0 Å². The molecule has 13 heteroatoms. The number of hydrogen-bond donors (Lipinski definition) is 2. The molecule has 3 rings (SSSR count). The molecule has 0 atom stereocenters. The topological polar surface area (TPSA) is 101 Å². The molecule has 2 aromatic rings. The Hall–Kier alpha value is -2.83. The summed E-state index contributed by atoms with van der Waals surface area (Å²) in [6, 6.07) is 6.73. The van der Waals surface area contributed by atoms with Crippen LogP contribution in [0.3, 0.4) is 0 Å². The number of pyridine rings is 1. The average Bonchev–Trinajstić information content (AvgIpc) is 2.77. The number of hydrogen-bond acceptors (Lipinski definition) is 6. The fourth-order valence-corrected chi connectivity index (χ4v) is 4.02. The second kappa shape index (κ2) is 10.6. The minimum Gasteiger partial charge on any atom is -0.378 e. The molecular weight excluding hydrogens is 497 g/mol. The number of carbonyl (C=O) groups excluding carboxylic acids is 1. The van der Waals surface area contributed by atoms with E-state index in [0.29, 0.717) is 37.4 Å². The summed E-state index contributed by atoms with van der Waals surface area (Å²) in [5.74, 6) is -0.356. The largest absolute Gasteiger partial charge is 0.433 e. The number of morpholine rings is 1. The molecule has 0 radical (unpaired) electrons. The molecule has 34 heavy (non-hydrogen) atoms. The summed E-state index contributed by atoms with van der Waals surface area (Å²) in [6.45, 7) is 1.59. The summed E-state index contributed by atoms with van der Waals surface area (Å²) in [4.78, 5) is 17.8. The van der Waals surface area contributed by atoms with Crippen molar-refractivity contribution in [2.24, 2.45) is 0 Å². The number of anilines is 2. The summed E-state index contributed by atoms with van der Waals surface area (Å²) in [5.41, 5.74) is 0.186. The van der Waals surface area contributed by atoms with Crippen molar-refractivity contribution in [3.8, 4) is 0 Å². The van der Waals surface area contributed by atoms with Crippen LogP contribution in [0.4, 0.5) is 24.7 Å². The van der Waals surface area contributed by atoms with E-state index in [2.05, 4.69) is 15.0 Å². The molecule has 1 amide bonds. The normalized spacial score (nSPS) is 14.9. The Morgan fingerprint density at radius 1 is 1.24 bits per heavy atom. The van der Waals surface area contributed by atoms with E-state index in [1.807, 2.05) is 0 Å². The van der Waals surface area contributed by atoms with Crippen molar-refractivity contribution in [3.05, 3.63) is 58.3 Å². The van der Waals surface area contributed by atoms with Crippen LogP contribution in [-0.2, 0) is 32.3 Å². The van der Waals surface area contributed by atoms with Crippen LogP contribution in [0.15, 0.2) is 36.4 Å². The van der Waals surface area contributed by atoms with Gasteiger partial charge in [-0.25, -0.2) is 13.4 Å². The average molecular weight is 519 g/mol. The Labute approximate surface area is 199 Å². The first-order valence-corrected chi connectivity index (χ1v) is 12.3. The Balaban J connectivity index is 1.70. The minimum absolute atomic E-state index is 0.101. The summed E-state index contributed by atoms with van der Waals surface area (Å²) in [5, 5.41) is 2.81. The number of rotatable bonds is 7. The van der Waals surface area contributed by atoms with Crippen molar-refractivity contribution in [1.29, 1.82) is 0 Å². The van der Waals surface area contributed by atoms with Gasteiger partial charge in [-0.2, -0.15) is 13.2 Å². The van der Waals surface area contributed by atoms with Crippen LogP contribution >= 0.6 is 11.6 Å². The number of amides is 1. The van der Waals surface area contributed by atoms with Gasteiger partial charge < -0.3 is 15.0 Å². The zero-order chi connectivity index (χ0) is 24.9. The number of halogens is 4. The van der Waals surface area contributed by atoms with Crippen LogP contribution in [0.25, 0.3) is 6.08 Å². The standard InChI is InChI=1S/C21H22ClF3N4O4S/c1-34(31,32)28-17-5-2-14(12-16(17)22)13-26-19(30)7-4-15-3-6-18(21(23,24)25)27-20(15)29-8-10-33-11-9-29/h2-7,12,28H,8-11,13H2,1H3,(H,26,30)/b7-4+. The number of aromatic nitrogens is 1. The maximum atomic E-state index is 13.1. The van der Waals surface area contributed by atoms with Crippen molar-refractivity contribution < 1.29 is 31.1 Å². The summed E-state index contributed by atoms with van der Waals surface area (Å²) >= 11 is 6.07. The zero-order valence-electron chi connectivity index (χ0n) is 18.0. The Kier molecular flexibility index (Phi) is 8.05. The quantitative estimate of drug-likeness (QED) is 0.546.